The van der Waals surface area contributed by atoms with Crippen molar-refractivity contribution in [3.63, 3.8) is 0 Å². The van der Waals surface area contributed by atoms with Crippen LogP contribution in [0.1, 0.15) is 11.1 Å². The van der Waals surface area contributed by atoms with Gasteiger partial charge in [-0.1, -0.05) is 39.2 Å². The Kier molecular flexibility index (Phi) is 5.48. The van der Waals surface area contributed by atoms with Crippen LogP contribution < -0.4 is 10.5 Å². The van der Waals surface area contributed by atoms with E-state index in [0.717, 1.165) is 4.79 Å². The van der Waals surface area contributed by atoms with Gasteiger partial charge in [0.25, 0.3) is 11.6 Å². The molecule has 0 saturated heterocycles. The van der Waals surface area contributed by atoms with Gasteiger partial charge in [0.15, 0.2) is 0 Å². The lowest BCUT2D eigenvalue weighted by atomic mass is 10.2. The van der Waals surface area contributed by atoms with E-state index in [1.54, 1.807) is 18.2 Å². The molecule has 12 heteroatoms. The maximum Gasteiger partial charge on any atom is 0.270 e. The number of hydrogen-bond donors (Lipinski definition) is 1. The highest BCUT2D eigenvalue weighted by Crippen LogP contribution is 2.26. The molecule has 0 atom stereocenters. The third kappa shape index (κ3) is 4.49. The Morgan fingerprint density at radius 2 is 2.11 bits per heavy atom. The summed E-state index contributed by atoms with van der Waals surface area (Å²) in [7, 11) is 0. The minimum absolute atomic E-state index is 0.0351. The van der Waals surface area contributed by atoms with E-state index in [1.807, 2.05) is 0 Å². The quantitative estimate of drug-likeness (QED) is 0.376. The summed E-state index contributed by atoms with van der Waals surface area (Å²) in [6.07, 6.45) is 1.30. The number of tetrazole rings is 1. The summed E-state index contributed by atoms with van der Waals surface area (Å²) in [5.41, 5.74) is 6.44. The van der Waals surface area contributed by atoms with Crippen LogP contribution in [0.5, 0.6) is 5.75 Å². The Morgan fingerprint density at radius 3 is 2.78 bits per heavy atom. The molecule has 0 aliphatic rings. The van der Waals surface area contributed by atoms with Crippen molar-refractivity contribution in [3.05, 3.63) is 67.7 Å². The summed E-state index contributed by atoms with van der Waals surface area (Å²) in [5, 5.41) is 26.4. The van der Waals surface area contributed by atoms with Crippen LogP contribution in [0.3, 0.4) is 0 Å². The van der Waals surface area contributed by atoms with Crippen molar-refractivity contribution in [1.82, 2.24) is 20.3 Å². The standard InChI is InChI=1S/C15H11Cl2N7O3/c16-11-2-1-9(13(17)6-11)8-27-14-4-3-12(24(25)26)5-10(14)7-19-23-15(18)20-21-22-23/h1-7H,8H2,(H2,18,20,22)/b19-7-. The average molecular weight is 408 g/mol. The summed E-state index contributed by atoms with van der Waals surface area (Å²) in [6.45, 7) is 0.127. The largest absolute Gasteiger partial charge is 0.488 e. The number of nitrogen functional groups attached to an aromatic ring is 1. The van der Waals surface area contributed by atoms with Gasteiger partial charge in [0.05, 0.1) is 11.1 Å². The third-order valence-corrected chi connectivity index (χ3v) is 3.97. The smallest absolute Gasteiger partial charge is 0.270 e. The second-order valence-electron chi connectivity index (χ2n) is 5.17. The van der Waals surface area contributed by atoms with E-state index in [1.165, 1.54) is 24.4 Å². The molecule has 2 aromatic carbocycles. The minimum Gasteiger partial charge on any atom is -0.488 e. The highest BCUT2D eigenvalue weighted by Gasteiger charge is 2.12. The molecule has 27 heavy (non-hydrogen) atoms. The number of halogens is 2. The maximum absolute atomic E-state index is 11.0. The first-order valence-corrected chi connectivity index (χ1v) is 8.13. The lowest BCUT2D eigenvalue weighted by Crippen LogP contribution is -2.02. The van der Waals surface area contributed by atoms with Crippen molar-refractivity contribution in [2.45, 2.75) is 6.61 Å². The zero-order chi connectivity index (χ0) is 19.4. The van der Waals surface area contributed by atoms with Gasteiger partial charge in [0.1, 0.15) is 12.4 Å². The van der Waals surface area contributed by atoms with E-state index in [4.69, 9.17) is 33.7 Å². The average Bonchev–Trinajstić information content (AvgIpc) is 3.04. The van der Waals surface area contributed by atoms with Gasteiger partial charge in [0.2, 0.25) is 0 Å². The first kappa shape index (κ1) is 18.5. The number of nitro benzene ring substituents is 1. The van der Waals surface area contributed by atoms with Gasteiger partial charge in [-0.05, 0) is 28.6 Å². The molecule has 0 spiro atoms. The SMILES string of the molecule is Nc1nnnn1/N=C\c1cc([N+](=O)[O-])ccc1OCc1ccc(Cl)cc1Cl. The van der Waals surface area contributed by atoms with Crippen molar-refractivity contribution in [3.8, 4) is 5.75 Å². The number of aromatic nitrogens is 4. The molecular weight excluding hydrogens is 397 g/mol. The van der Waals surface area contributed by atoms with E-state index in [2.05, 4.69) is 20.6 Å². The van der Waals surface area contributed by atoms with E-state index in [-0.39, 0.29) is 18.2 Å². The Labute approximate surface area is 162 Å². The number of nitrogens with two attached hydrogens (primary N) is 1. The molecular formula is C15H11Cl2N7O3. The van der Waals surface area contributed by atoms with E-state index >= 15 is 0 Å². The highest BCUT2D eigenvalue weighted by atomic mass is 35.5. The number of nitro groups is 1. The van der Waals surface area contributed by atoms with Gasteiger partial charge in [0, 0.05) is 33.3 Å². The van der Waals surface area contributed by atoms with Crippen molar-refractivity contribution >= 4 is 41.1 Å². The van der Waals surface area contributed by atoms with E-state index < -0.39 is 4.92 Å². The number of hydrogen-bond acceptors (Lipinski definition) is 8. The Morgan fingerprint density at radius 1 is 1.30 bits per heavy atom. The van der Waals surface area contributed by atoms with Gasteiger partial charge in [-0.15, -0.1) is 0 Å². The fraction of sp³-hybridized carbons (Fsp3) is 0.0667. The van der Waals surface area contributed by atoms with Crippen LogP contribution in [0.4, 0.5) is 11.6 Å². The topological polar surface area (TPSA) is 134 Å². The van der Waals surface area contributed by atoms with Gasteiger partial charge >= 0.3 is 0 Å². The molecule has 10 nitrogen and oxygen atoms in total. The second kappa shape index (κ2) is 7.98. The van der Waals surface area contributed by atoms with Crippen LogP contribution in [0.25, 0.3) is 0 Å². The molecule has 3 rings (SSSR count). The number of non-ortho nitro benzene ring substituents is 1. The molecule has 0 radical (unpaired) electrons. The molecule has 138 valence electrons. The maximum atomic E-state index is 11.0. The van der Waals surface area contributed by atoms with Crippen LogP contribution in [-0.4, -0.2) is 31.5 Å². The molecule has 0 unspecified atom stereocenters. The van der Waals surface area contributed by atoms with Gasteiger partial charge < -0.3 is 10.5 Å². The lowest BCUT2D eigenvalue weighted by Gasteiger charge is -2.10. The molecule has 0 bridgehead atoms. The van der Waals surface area contributed by atoms with Crippen LogP contribution in [0.2, 0.25) is 10.0 Å². The number of rotatable bonds is 6. The van der Waals surface area contributed by atoms with Gasteiger partial charge in [-0.2, -0.15) is 5.10 Å². The monoisotopic (exact) mass is 407 g/mol. The molecule has 3 aromatic rings. The van der Waals surface area contributed by atoms with Crippen molar-refractivity contribution < 1.29 is 9.66 Å². The number of ether oxygens (including phenoxy) is 1. The van der Waals surface area contributed by atoms with Gasteiger partial charge in [-0.25, -0.2) is 0 Å². The number of anilines is 1. The second-order valence-corrected chi connectivity index (χ2v) is 6.02. The summed E-state index contributed by atoms with van der Waals surface area (Å²) >= 11 is 12.0. The summed E-state index contributed by atoms with van der Waals surface area (Å²) < 4.78 is 5.75. The van der Waals surface area contributed by atoms with Crippen molar-refractivity contribution in [1.29, 1.82) is 0 Å². The van der Waals surface area contributed by atoms with Gasteiger partial charge in [-0.3, -0.25) is 10.1 Å². The Balaban J connectivity index is 1.88. The zero-order valence-electron chi connectivity index (χ0n) is 13.5. The number of benzene rings is 2. The zero-order valence-corrected chi connectivity index (χ0v) is 15.0. The summed E-state index contributed by atoms with van der Waals surface area (Å²) in [5.74, 6) is 0.314. The first-order valence-electron chi connectivity index (χ1n) is 7.37. The summed E-state index contributed by atoms with van der Waals surface area (Å²) in [4.78, 5) is 11.5. The van der Waals surface area contributed by atoms with E-state index in [0.29, 0.717) is 26.9 Å². The Bertz CT molecular complexity index is 1020. The lowest BCUT2D eigenvalue weighted by molar-refractivity contribution is -0.384. The molecule has 1 aromatic heterocycles. The fourth-order valence-corrected chi connectivity index (χ4v) is 2.53. The van der Waals surface area contributed by atoms with Crippen LogP contribution in [0.15, 0.2) is 41.5 Å². The first-order chi connectivity index (χ1) is 12.9. The molecule has 0 aliphatic carbocycles. The molecule has 0 fully saturated rings. The summed E-state index contributed by atoms with van der Waals surface area (Å²) in [6, 6.07) is 9.10. The minimum atomic E-state index is -0.525. The molecule has 0 aliphatic heterocycles. The third-order valence-electron chi connectivity index (χ3n) is 3.39. The highest BCUT2D eigenvalue weighted by molar-refractivity contribution is 6.35. The van der Waals surface area contributed by atoms with Crippen LogP contribution in [0, 0.1) is 10.1 Å². The van der Waals surface area contributed by atoms with Crippen molar-refractivity contribution in [2.75, 3.05) is 5.73 Å². The van der Waals surface area contributed by atoms with Crippen LogP contribution in [-0.2, 0) is 6.61 Å². The van der Waals surface area contributed by atoms with E-state index in [9.17, 15) is 10.1 Å². The molecule has 1 heterocycles. The number of nitrogens with zero attached hydrogens (tertiary/aromatic N) is 6. The molecule has 0 saturated carbocycles. The van der Waals surface area contributed by atoms with Crippen LogP contribution >= 0.6 is 23.2 Å². The van der Waals surface area contributed by atoms with Crippen molar-refractivity contribution in [2.24, 2.45) is 5.10 Å². The normalized spacial score (nSPS) is 11.0. The predicted molar refractivity (Wildman–Crippen MR) is 99.1 cm³/mol. The predicted octanol–water partition coefficient (Wildman–Crippen LogP) is 2.93. The fourth-order valence-electron chi connectivity index (χ4n) is 2.06. The molecule has 0 amide bonds. The molecule has 2 N–H and O–H groups in total. The Hall–Kier alpha value is -3.24.